The Labute approximate surface area is 156 Å². The molecule has 8 nitrogen and oxygen atoms in total. The van der Waals surface area contributed by atoms with Crippen LogP contribution in [0.4, 0.5) is 0 Å². The normalized spacial score (nSPS) is 12.1. The Morgan fingerprint density at radius 1 is 1.15 bits per heavy atom. The first-order valence-corrected chi connectivity index (χ1v) is 8.73. The summed E-state index contributed by atoms with van der Waals surface area (Å²) in [5.41, 5.74) is 1.92. The van der Waals surface area contributed by atoms with Crippen LogP contribution < -0.4 is 14.8 Å². The van der Waals surface area contributed by atoms with Gasteiger partial charge in [0.25, 0.3) is 0 Å². The molecule has 0 saturated heterocycles. The number of amides is 1. The number of carbonyl (C=O) groups is 1. The first kappa shape index (κ1) is 17.0. The first-order chi connectivity index (χ1) is 13.3. The van der Waals surface area contributed by atoms with Crippen molar-refractivity contribution in [2.45, 2.75) is 19.3 Å². The molecule has 1 aliphatic rings. The minimum Gasteiger partial charge on any atom is -0.454 e. The first-order valence-electron chi connectivity index (χ1n) is 8.73. The van der Waals surface area contributed by atoms with Crippen LogP contribution in [0, 0.1) is 0 Å². The number of hydrogen-bond donors (Lipinski definition) is 1. The van der Waals surface area contributed by atoms with E-state index < -0.39 is 0 Å². The Morgan fingerprint density at radius 2 is 2.07 bits per heavy atom. The van der Waals surface area contributed by atoms with Crippen molar-refractivity contribution in [3.05, 3.63) is 60.4 Å². The van der Waals surface area contributed by atoms with Gasteiger partial charge in [0.2, 0.25) is 18.6 Å². The maximum absolute atomic E-state index is 12.1. The van der Waals surface area contributed by atoms with Gasteiger partial charge in [0.15, 0.2) is 11.5 Å². The van der Waals surface area contributed by atoms with Crippen molar-refractivity contribution in [1.29, 1.82) is 0 Å². The molecule has 0 saturated carbocycles. The predicted molar refractivity (Wildman–Crippen MR) is 96.8 cm³/mol. The lowest BCUT2D eigenvalue weighted by atomic mass is 10.1. The van der Waals surface area contributed by atoms with Crippen LogP contribution in [0.3, 0.4) is 0 Å². The fraction of sp³-hybridized carbons (Fsp3) is 0.263. The molecule has 0 bridgehead atoms. The van der Waals surface area contributed by atoms with E-state index in [2.05, 4.69) is 20.3 Å². The van der Waals surface area contributed by atoms with Gasteiger partial charge in [-0.25, -0.2) is 15.0 Å². The molecule has 0 radical (unpaired) electrons. The van der Waals surface area contributed by atoms with E-state index in [4.69, 9.17) is 9.47 Å². The maximum Gasteiger partial charge on any atom is 0.235 e. The summed E-state index contributed by atoms with van der Waals surface area (Å²) in [6.07, 6.45) is 8.45. The molecule has 2 aromatic heterocycles. The fourth-order valence-electron chi connectivity index (χ4n) is 2.80. The van der Waals surface area contributed by atoms with Crippen LogP contribution in [0.25, 0.3) is 5.95 Å². The molecule has 0 aliphatic carbocycles. The molecule has 27 heavy (non-hydrogen) atoms. The van der Waals surface area contributed by atoms with Gasteiger partial charge in [-0.3, -0.25) is 9.36 Å². The lowest BCUT2D eigenvalue weighted by Crippen LogP contribution is -2.26. The minimum atomic E-state index is -0.00136. The second-order valence-electron chi connectivity index (χ2n) is 6.11. The van der Waals surface area contributed by atoms with Crippen LogP contribution >= 0.6 is 0 Å². The molecule has 1 amide bonds. The van der Waals surface area contributed by atoms with E-state index in [9.17, 15) is 4.79 Å². The van der Waals surface area contributed by atoms with Crippen LogP contribution in [-0.2, 0) is 17.6 Å². The number of fused-ring (bicyclic) bond motifs is 1. The Balaban J connectivity index is 1.24. The average Bonchev–Trinajstić information content (AvgIpc) is 3.38. The van der Waals surface area contributed by atoms with Gasteiger partial charge in [-0.1, -0.05) is 6.07 Å². The van der Waals surface area contributed by atoms with Gasteiger partial charge in [0, 0.05) is 37.3 Å². The number of carbonyl (C=O) groups excluding carboxylic acids is 1. The van der Waals surface area contributed by atoms with Crippen LogP contribution in [-0.4, -0.2) is 38.8 Å². The molecule has 1 N–H and O–H groups in total. The van der Waals surface area contributed by atoms with Gasteiger partial charge in [-0.2, -0.15) is 0 Å². The van der Waals surface area contributed by atoms with E-state index in [1.807, 2.05) is 24.3 Å². The van der Waals surface area contributed by atoms with E-state index >= 15 is 0 Å². The zero-order chi connectivity index (χ0) is 18.5. The smallest absolute Gasteiger partial charge is 0.235 e. The summed E-state index contributed by atoms with van der Waals surface area (Å²) in [6.45, 7) is 0.837. The van der Waals surface area contributed by atoms with Crippen LogP contribution in [0.15, 0.2) is 49.2 Å². The molecule has 8 heteroatoms. The van der Waals surface area contributed by atoms with Crippen molar-refractivity contribution in [2.24, 2.45) is 0 Å². The van der Waals surface area contributed by atoms with E-state index in [1.54, 1.807) is 29.5 Å². The van der Waals surface area contributed by atoms with Gasteiger partial charge >= 0.3 is 0 Å². The second kappa shape index (κ2) is 7.86. The minimum absolute atomic E-state index is 0.00136. The number of aryl methyl sites for hydroxylation is 1. The molecule has 4 rings (SSSR count). The molecule has 0 unspecified atom stereocenters. The molecule has 1 aromatic carbocycles. The quantitative estimate of drug-likeness (QED) is 0.685. The molecule has 3 heterocycles. The average molecular weight is 365 g/mol. The third kappa shape index (κ3) is 4.22. The highest BCUT2D eigenvalue weighted by atomic mass is 16.7. The molecule has 1 aliphatic heterocycles. The van der Waals surface area contributed by atoms with Crippen molar-refractivity contribution in [3.8, 4) is 17.4 Å². The van der Waals surface area contributed by atoms with Gasteiger partial charge in [0.05, 0.1) is 0 Å². The lowest BCUT2D eigenvalue weighted by Gasteiger charge is -2.07. The van der Waals surface area contributed by atoms with Gasteiger partial charge in [-0.05, 0) is 36.6 Å². The summed E-state index contributed by atoms with van der Waals surface area (Å²) >= 11 is 0. The molecule has 3 aromatic rings. The molecule has 0 atom stereocenters. The van der Waals surface area contributed by atoms with Crippen LogP contribution in [0.1, 0.15) is 17.7 Å². The second-order valence-corrected chi connectivity index (χ2v) is 6.11. The molecule has 0 spiro atoms. The Morgan fingerprint density at radius 3 is 2.96 bits per heavy atom. The Bertz CT molecular complexity index is 927. The Hall–Kier alpha value is -3.42. The number of nitrogens with zero attached hydrogens (tertiary/aromatic N) is 4. The largest absolute Gasteiger partial charge is 0.454 e. The van der Waals surface area contributed by atoms with Gasteiger partial charge in [-0.15, -0.1) is 0 Å². The SMILES string of the molecule is O=C(CCc1ccnc(-n2ccnc2)n1)NCCc1ccc2c(c1)OCO2. The zero-order valence-corrected chi connectivity index (χ0v) is 14.7. The van der Waals surface area contributed by atoms with Crippen molar-refractivity contribution in [2.75, 3.05) is 13.3 Å². The summed E-state index contributed by atoms with van der Waals surface area (Å²) in [7, 11) is 0. The van der Waals surface area contributed by atoms with Crippen LogP contribution in [0.2, 0.25) is 0 Å². The highest BCUT2D eigenvalue weighted by molar-refractivity contribution is 5.76. The van der Waals surface area contributed by atoms with Crippen molar-refractivity contribution < 1.29 is 14.3 Å². The number of ether oxygens (including phenoxy) is 2. The molecule has 0 fully saturated rings. The summed E-state index contributed by atoms with van der Waals surface area (Å²) in [6, 6.07) is 7.65. The van der Waals surface area contributed by atoms with Crippen molar-refractivity contribution in [3.63, 3.8) is 0 Å². The Kier molecular flexibility index (Phi) is 4.95. The van der Waals surface area contributed by atoms with E-state index in [1.165, 1.54) is 0 Å². The number of nitrogens with one attached hydrogen (secondary N) is 1. The van der Waals surface area contributed by atoms with Crippen molar-refractivity contribution >= 4 is 5.91 Å². The molecule has 138 valence electrons. The maximum atomic E-state index is 12.1. The predicted octanol–water partition coefficient (Wildman–Crippen LogP) is 1.68. The number of rotatable bonds is 7. The van der Waals surface area contributed by atoms with Gasteiger partial charge < -0.3 is 14.8 Å². The molecular weight excluding hydrogens is 346 g/mol. The van der Waals surface area contributed by atoms with Crippen LogP contribution in [0.5, 0.6) is 11.5 Å². The van der Waals surface area contributed by atoms with E-state index in [0.29, 0.717) is 25.3 Å². The number of hydrogen-bond acceptors (Lipinski definition) is 6. The summed E-state index contributed by atoms with van der Waals surface area (Å²) in [4.78, 5) is 24.7. The summed E-state index contributed by atoms with van der Waals surface area (Å²) < 4.78 is 12.4. The zero-order valence-electron chi connectivity index (χ0n) is 14.7. The van der Waals surface area contributed by atoms with E-state index in [-0.39, 0.29) is 12.7 Å². The lowest BCUT2D eigenvalue weighted by molar-refractivity contribution is -0.121. The van der Waals surface area contributed by atoms with E-state index in [0.717, 1.165) is 29.2 Å². The topological polar surface area (TPSA) is 91.2 Å². The summed E-state index contributed by atoms with van der Waals surface area (Å²) in [5, 5.41) is 2.94. The third-order valence-corrected chi connectivity index (χ3v) is 4.22. The van der Waals surface area contributed by atoms with Crippen molar-refractivity contribution in [1.82, 2.24) is 24.8 Å². The molecular formula is C19H19N5O3. The van der Waals surface area contributed by atoms with Gasteiger partial charge in [0.1, 0.15) is 6.33 Å². The monoisotopic (exact) mass is 365 g/mol. The fourth-order valence-corrected chi connectivity index (χ4v) is 2.80. The number of benzene rings is 1. The third-order valence-electron chi connectivity index (χ3n) is 4.22. The highest BCUT2D eigenvalue weighted by Crippen LogP contribution is 2.32. The highest BCUT2D eigenvalue weighted by Gasteiger charge is 2.13. The number of imidazole rings is 1. The standard InChI is InChI=1S/C19H19N5O3/c25-18(21-7-5-14-1-3-16-17(11-14)27-13-26-16)4-2-15-6-8-22-19(23-15)24-10-9-20-12-24/h1,3,6,8-12H,2,4-5,7,13H2,(H,21,25). The number of aromatic nitrogens is 4. The summed E-state index contributed by atoms with van der Waals surface area (Å²) in [5.74, 6) is 2.07.